The third-order valence-electron chi connectivity index (χ3n) is 2.85. The fourth-order valence-corrected chi connectivity index (χ4v) is 2.95. The first-order valence-corrected chi connectivity index (χ1v) is 7.77. The Morgan fingerprint density at radius 2 is 2.14 bits per heavy atom. The Labute approximate surface area is 138 Å². The van der Waals surface area contributed by atoms with Gasteiger partial charge in [0.2, 0.25) is 0 Å². The van der Waals surface area contributed by atoms with Gasteiger partial charge in [0.05, 0.1) is 16.1 Å². The molecule has 0 atom stereocenters. The van der Waals surface area contributed by atoms with Crippen LogP contribution >= 0.6 is 34.5 Å². The number of rotatable bonds is 3. The summed E-state index contributed by atoms with van der Waals surface area (Å²) >= 11 is 13.1. The van der Waals surface area contributed by atoms with Crippen molar-refractivity contribution in [3.8, 4) is 0 Å². The smallest absolute Gasteiger partial charge is 0.340 e. The number of hydrogen-bond acceptors (Lipinski definition) is 5. The fraction of sp³-hybridized carbons (Fsp3) is 0.0714. The number of carbonyl (C=O) groups is 1. The third-order valence-corrected chi connectivity index (χ3v) is 4.32. The number of hydrogen-bond donors (Lipinski definition) is 1. The molecule has 2 heterocycles. The number of H-pyrrole nitrogens is 1. The fourth-order valence-electron chi connectivity index (χ4n) is 1.86. The number of thiophene rings is 1. The molecule has 2 aromatic heterocycles. The number of nitrogens with one attached hydrogen (secondary N) is 1. The van der Waals surface area contributed by atoms with E-state index in [0.29, 0.717) is 15.2 Å². The van der Waals surface area contributed by atoms with Crippen LogP contribution in [-0.2, 0) is 11.3 Å². The molecule has 3 aromatic rings. The minimum atomic E-state index is -0.638. The first-order valence-electron chi connectivity index (χ1n) is 6.13. The van der Waals surface area contributed by atoms with Crippen LogP contribution in [0.5, 0.6) is 0 Å². The Hall–Kier alpha value is -1.89. The molecule has 0 fully saturated rings. The molecule has 8 heteroatoms. The minimum Gasteiger partial charge on any atom is -0.454 e. The number of halogens is 2. The quantitative estimate of drug-likeness (QED) is 0.728. The molecular weight excluding hydrogens is 347 g/mol. The topological polar surface area (TPSA) is 72.0 Å². The molecular formula is C14H8Cl2N2O3S. The molecule has 3 rings (SSSR count). The normalized spacial score (nSPS) is 10.8. The lowest BCUT2D eigenvalue weighted by Crippen LogP contribution is -2.13. The predicted octanol–water partition coefficient (Wildman–Crippen LogP) is 3.65. The number of aromatic nitrogens is 2. The summed E-state index contributed by atoms with van der Waals surface area (Å²) in [6, 6.07) is 6.24. The zero-order valence-electron chi connectivity index (χ0n) is 10.9. The number of nitrogens with zero attached hydrogens (tertiary/aromatic N) is 1. The van der Waals surface area contributed by atoms with Crippen LogP contribution in [0.2, 0.25) is 10.0 Å². The van der Waals surface area contributed by atoms with Gasteiger partial charge in [-0.05, 0) is 29.6 Å². The lowest BCUT2D eigenvalue weighted by atomic mass is 10.2. The molecule has 0 saturated heterocycles. The van der Waals surface area contributed by atoms with E-state index in [2.05, 4.69) is 9.97 Å². The predicted molar refractivity (Wildman–Crippen MR) is 85.8 cm³/mol. The first kappa shape index (κ1) is 15.0. The number of fused-ring (bicyclic) bond motifs is 1. The van der Waals surface area contributed by atoms with Crippen molar-refractivity contribution in [2.24, 2.45) is 0 Å². The van der Waals surface area contributed by atoms with Crippen molar-refractivity contribution in [3.63, 3.8) is 0 Å². The molecule has 0 aliphatic heterocycles. The molecule has 0 amide bonds. The maximum atomic E-state index is 12.0. The molecule has 0 aliphatic carbocycles. The summed E-state index contributed by atoms with van der Waals surface area (Å²) < 4.78 is 5.65. The molecule has 0 spiro atoms. The molecule has 0 aliphatic rings. The van der Waals surface area contributed by atoms with Gasteiger partial charge in [0.15, 0.2) is 0 Å². The zero-order valence-corrected chi connectivity index (χ0v) is 13.3. The van der Waals surface area contributed by atoms with Crippen LogP contribution in [0.1, 0.15) is 16.2 Å². The second-order valence-corrected chi connectivity index (χ2v) is 6.11. The largest absolute Gasteiger partial charge is 0.454 e. The number of esters is 1. The van der Waals surface area contributed by atoms with E-state index in [-0.39, 0.29) is 28.6 Å². The summed E-state index contributed by atoms with van der Waals surface area (Å²) in [5, 5.41) is 2.39. The van der Waals surface area contributed by atoms with Gasteiger partial charge in [0.25, 0.3) is 5.56 Å². The maximum Gasteiger partial charge on any atom is 0.340 e. The summed E-state index contributed by atoms with van der Waals surface area (Å²) in [7, 11) is 0. The van der Waals surface area contributed by atoms with Gasteiger partial charge in [-0.2, -0.15) is 0 Å². The molecule has 1 aromatic carbocycles. The minimum absolute atomic E-state index is 0.160. The van der Waals surface area contributed by atoms with Crippen LogP contribution < -0.4 is 5.56 Å². The molecule has 0 saturated carbocycles. The maximum absolute atomic E-state index is 12.0. The monoisotopic (exact) mass is 354 g/mol. The lowest BCUT2D eigenvalue weighted by Gasteiger charge is -2.06. The van der Waals surface area contributed by atoms with E-state index in [1.54, 1.807) is 17.5 Å². The van der Waals surface area contributed by atoms with Crippen molar-refractivity contribution in [1.29, 1.82) is 0 Å². The van der Waals surface area contributed by atoms with E-state index >= 15 is 0 Å². The van der Waals surface area contributed by atoms with Crippen LogP contribution in [0.15, 0.2) is 34.4 Å². The van der Waals surface area contributed by atoms with Gasteiger partial charge < -0.3 is 9.72 Å². The third kappa shape index (κ3) is 2.99. The van der Waals surface area contributed by atoms with Crippen molar-refractivity contribution in [3.05, 3.63) is 61.4 Å². The van der Waals surface area contributed by atoms with E-state index in [9.17, 15) is 9.59 Å². The van der Waals surface area contributed by atoms with Crippen molar-refractivity contribution >= 4 is 50.7 Å². The summed E-state index contributed by atoms with van der Waals surface area (Å²) in [6.07, 6.45) is 0. The SMILES string of the molecule is O=C(OCc1nc2ccsc2c(=O)[nH]1)c1cc(Cl)ccc1Cl. The molecule has 22 heavy (non-hydrogen) atoms. The van der Waals surface area contributed by atoms with Gasteiger partial charge in [0, 0.05) is 5.02 Å². The second-order valence-electron chi connectivity index (χ2n) is 4.35. The Morgan fingerprint density at radius 1 is 1.32 bits per heavy atom. The number of carbonyl (C=O) groups excluding carboxylic acids is 1. The van der Waals surface area contributed by atoms with Crippen molar-refractivity contribution < 1.29 is 9.53 Å². The number of benzene rings is 1. The van der Waals surface area contributed by atoms with E-state index in [1.807, 2.05) is 0 Å². The summed E-state index contributed by atoms with van der Waals surface area (Å²) in [4.78, 5) is 30.6. The lowest BCUT2D eigenvalue weighted by molar-refractivity contribution is 0.0462. The average molecular weight is 355 g/mol. The Kier molecular flexibility index (Phi) is 4.15. The van der Waals surface area contributed by atoms with Crippen molar-refractivity contribution in [2.75, 3.05) is 0 Å². The van der Waals surface area contributed by atoms with E-state index in [1.165, 1.54) is 23.5 Å². The number of aromatic amines is 1. The molecule has 1 N–H and O–H groups in total. The summed E-state index contributed by atoms with van der Waals surface area (Å²) in [5.41, 5.74) is 0.473. The Morgan fingerprint density at radius 3 is 2.95 bits per heavy atom. The summed E-state index contributed by atoms with van der Waals surface area (Å²) in [6.45, 7) is -0.164. The second kappa shape index (κ2) is 6.08. The van der Waals surface area contributed by atoms with E-state index < -0.39 is 5.97 Å². The zero-order chi connectivity index (χ0) is 15.7. The van der Waals surface area contributed by atoms with Gasteiger partial charge in [0.1, 0.15) is 17.1 Å². The van der Waals surface area contributed by atoms with Crippen LogP contribution in [0.3, 0.4) is 0 Å². The average Bonchev–Trinajstić information content (AvgIpc) is 2.96. The highest BCUT2D eigenvalue weighted by Crippen LogP contribution is 2.21. The van der Waals surface area contributed by atoms with Crippen LogP contribution in [0.25, 0.3) is 10.2 Å². The van der Waals surface area contributed by atoms with Crippen LogP contribution in [0.4, 0.5) is 0 Å². The van der Waals surface area contributed by atoms with Crippen LogP contribution in [-0.4, -0.2) is 15.9 Å². The molecule has 0 unspecified atom stereocenters. The highest BCUT2D eigenvalue weighted by molar-refractivity contribution is 7.17. The standard InChI is InChI=1S/C14H8Cl2N2O3S/c15-7-1-2-9(16)8(5-7)14(20)21-6-11-17-10-3-4-22-12(10)13(19)18-11/h1-5H,6H2,(H,17,18,19). The van der Waals surface area contributed by atoms with E-state index in [4.69, 9.17) is 27.9 Å². The highest BCUT2D eigenvalue weighted by atomic mass is 35.5. The van der Waals surface area contributed by atoms with E-state index in [0.717, 1.165) is 0 Å². The highest BCUT2D eigenvalue weighted by Gasteiger charge is 2.14. The van der Waals surface area contributed by atoms with Gasteiger partial charge in [-0.1, -0.05) is 23.2 Å². The molecule has 0 radical (unpaired) electrons. The molecule has 0 bridgehead atoms. The van der Waals surface area contributed by atoms with Crippen molar-refractivity contribution in [1.82, 2.24) is 9.97 Å². The summed E-state index contributed by atoms with van der Waals surface area (Å²) in [5.74, 6) is -0.372. The van der Waals surface area contributed by atoms with Gasteiger partial charge in [-0.25, -0.2) is 9.78 Å². The van der Waals surface area contributed by atoms with Gasteiger partial charge >= 0.3 is 5.97 Å². The van der Waals surface area contributed by atoms with Crippen molar-refractivity contribution in [2.45, 2.75) is 6.61 Å². The Bertz CT molecular complexity index is 920. The number of ether oxygens (including phenoxy) is 1. The van der Waals surface area contributed by atoms with Gasteiger partial charge in [-0.3, -0.25) is 4.79 Å². The van der Waals surface area contributed by atoms with Gasteiger partial charge in [-0.15, -0.1) is 11.3 Å². The molecule has 5 nitrogen and oxygen atoms in total. The Balaban J connectivity index is 1.80. The molecule has 112 valence electrons. The first-order chi connectivity index (χ1) is 10.5. The van der Waals surface area contributed by atoms with Crippen LogP contribution in [0, 0.1) is 0 Å².